The Bertz CT molecular complexity index is 1330. The lowest BCUT2D eigenvalue weighted by molar-refractivity contribution is -0.136. The molecule has 0 radical (unpaired) electrons. The summed E-state index contributed by atoms with van der Waals surface area (Å²) in [6.07, 6.45) is 3.45. The number of carbonyl (C=O) groups is 2. The minimum Gasteiger partial charge on any atom is -0.496 e. The number of hydrogen-bond donors (Lipinski definition) is 1. The number of pyridine rings is 1. The second kappa shape index (κ2) is 9.34. The molecule has 1 aromatic carbocycles. The molecule has 5 heterocycles. The van der Waals surface area contributed by atoms with Crippen molar-refractivity contribution in [3.05, 3.63) is 52.8 Å². The summed E-state index contributed by atoms with van der Waals surface area (Å²) in [7, 11) is 1.56. The number of anilines is 1. The monoisotopic (exact) mass is 488 g/mol. The van der Waals surface area contributed by atoms with Crippen LogP contribution in [0, 0.1) is 5.92 Å². The van der Waals surface area contributed by atoms with E-state index in [2.05, 4.69) is 25.1 Å². The predicted molar refractivity (Wildman–Crippen MR) is 131 cm³/mol. The van der Waals surface area contributed by atoms with Gasteiger partial charge in [0.2, 0.25) is 5.91 Å². The molecule has 3 aliphatic rings. The van der Waals surface area contributed by atoms with Crippen LogP contribution in [0.1, 0.15) is 40.2 Å². The average molecular weight is 489 g/mol. The van der Waals surface area contributed by atoms with Crippen LogP contribution in [-0.4, -0.2) is 63.3 Å². The van der Waals surface area contributed by atoms with Crippen molar-refractivity contribution in [2.75, 3.05) is 32.2 Å². The third-order valence-corrected chi connectivity index (χ3v) is 7.20. The van der Waals surface area contributed by atoms with Crippen molar-refractivity contribution in [2.24, 2.45) is 5.92 Å². The molecule has 0 aliphatic carbocycles. The standard InChI is InChI=1S/C26H28N6O4/c1-35-21-13-16-7-10-31(26(34)17-8-11-36-15-17)14-18(16)12-19(21)25(33)28-22-5-2-4-20(27-22)24-30-29-23-6-3-9-32(23)24/h2,4-5,12-13,17H,3,6-11,14-15H2,1H3,(H,27,28,33)/t17-/m1/s1. The van der Waals surface area contributed by atoms with Gasteiger partial charge in [0, 0.05) is 32.7 Å². The first-order chi connectivity index (χ1) is 17.6. The van der Waals surface area contributed by atoms with Crippen LogP contribution in [0.4, 0.5) is 5.82 Å². The molecular weight excluding hydrogens is 460 g/mol. The molecule has 10 nitrogen and oxygen atoms in total. The molecule has 3 aromatic rings. The van der Waals surface area contributed by atoms with Crippen molar-refractivity contribution >= 4 is 17.6 Å². The van der Waals surface area contributed by atoms with Crippen LogP contribution < -0.4 is 10.1 Å². The van der Waals surface area contributed by atoms with E-state index in [4.69, 9.17) is 9.47 Å². The minimum atomic E-state index is -0.321. The maximum Gasteiger partial charge on any atom is 0.260 e. The average Bonchev–Trinajstić information content (AvgIpc) is 3.66. The molecule has 10 heteroatoms. The number of methoxy groups -OCH3 is 1. The second-order valence-corrected chi connectivity index (χ2v) is 9.45. The van der Waals surface area contributed by atoms with Crippen molar-refractivity contribution in [3.8, 4) is 17.3 Å². The van der Waals surface area contributed by atoms with Crippen molar-refractivity contribution in [1.29, 1.82) is 0 Å². The molecule has 1 atom stereocenters. The van der Waals surface area contributed by atoms with E-state index in [1.54, 1.807) is 13.2 Å². The number of fused-ring (bicyclic) bond motifs is 2. The molecule has 1 N–H and O–H groups in total. The molecule has 0 bridgehead atoms. The van der Waals surface area contributed by atoms with Crippen molar-refractivity contribution in [3.63, 3.8) is 0 Å². The molecule has 3 aliphatic heterocycles. The Hall–Kier alpha value is -3.79. The van der Waals surface area contributed by atoms with E-state index >= 15 is 0 Å². The number of rotatable bonds is 5. The van der Waals surface area contributed by atoms with Crippen LogP contribution in [-0.2, 0) is 35.5 Å². The molecule has 0 unspecified atom stereocenters. The van der Waals surface area contributed by atoms with Crippen LogP contribution >= 0.6 is 0 Å². The first kappa shape index (κ1) is 22.7. The first-order valence-corrected chi connectivity index (χ1v) is 12.4. The van der Waals surface area contributed by atoms with Gasteiger partial charge in [0.1, 0.15) is 23.1 Å². The van der Waals surface area contributed by atoms with Gasteiger partial charge in [-0.05, 0) is 54.7 Å². The van der Waals surface area contributed by atoms with Gasteiger partial charge in [-0.2, -0.15) is 0 Å². The maximum atomic E-state index is 13.3. The van der Waals surface area contributed by atoms with E-state index in [1.165, 1.54) is 0 Å². The number of nitrogens with zero attached hydrogens (tertiary/aromatic N) is 5. The summed E-state index contributed by atoms with van der Waals surface area (Å²) in [6, 6.07) is 9.20. The van der Waals surface area contributed by atoms with Gasteiger partial charge in [-0.1, -0.05) is 6.07 Å². The minimum absolute atomic E-state index is 0.0718. The SMILES string of the molecule is COc1cc2c(cc1C(=O)Nc1cccc(-c3nnc4n3CCC4)n1)CN(C(=O)[C@@H]1CCOC1)CC2. The van der Waals surface area contributed by atoms with Crippen LogP contribution in [0.2, 0.25) is 0 Å². The Morgan fingerprint density at radius 1 is 1.14 bits per heavy atom. The van der Waals surface area contributed by atoms with Gasteiger partial charge in [-0.25, -0.2) is 4.98 Å². The van der Waals surface area contributed by atoms with Gasteiger partial charge in [0.15, 0.2) is 5.82 Å². The number of hydrogen-bond acceptors (Lipinski definition) is 7. The molecule has 2 amide bonds. The van der Waals surface area contributed by atoms with Gasteiger partial charge < -0.3 is 24.3 Å². The third-order valence-electron chi connectivity index (χ3n) is 7.20. The quantitative estimate of drug-likeness (QED) is 0.587. The van der Waals surface area contributed by atoms with Crippen LogP contribution in [0.3, 0.4) is 0 Å². The summed E-state index contributed by atoms with van der Waals surface area (Å²) < 4.78 is 13.0. The predicted octanol–water partition coefficient (Wildman–Crippen LogP) is 2.47. The van der Waals surface area contributed by atoms with E-state index in [0.717, 1.165) is 49.2 Å². The third kappa shape index (κ3) is 4.11. The van der Waals surface area contributed by atoms with Crippen LogP contribution in [0.15, 0.2) is 30.3 Å². The summed E-state index contributed by atoms with van der Waals surface area (Å²) in [5, 5.41) is 11.4. The highest BCUT2D eigenvalue weighted by Crippen LogP contribution is 2.30. The normalized spacial score (nSPS) is 18.6. The summed E-state index contributed by atoms with van der Waals surface area (Å²) in [5.74, 6) is 2.33. The molecule has 1 saturated heterocycles. The van der Waals surface area contributed by atoms with Crippen LogP contribution in [0.25, 0.3) is 11.5 Å². The Labute approximate surface area is 208 Å². The highest BCUT2D eigenvalue weighted by Gasteiger charge is 2.31. The number of benzene rings is 1. The van der Waals surface area contributed by atoms with Gasteiger partial charge >= 0.3 is 0 Å². The van der Waals surface area contributed by atoms with Gasteiger partial charge in [-0.15, -0.1) is 10.2 Å². The van der Waals surface area contributed by atoms with Crippen molar-refractivity contribution < 1.29 is 19.1 Å². The summed E-state index contributed by atoms with van der Waals surface area (Å²) >= 11 is 0. The smallest absolute Gasteiger partial charge is 0.260 e. The Morgan fingerprint density at radius 2 is 2.06 bits per heavy atom. The Morgan fingerprint density at radius 3 is 2.89 bits per heavy atom. The highest BCUT2D eigenvalue weighted by molar-refractivity contribution is 6.06. The lowest BCUT2D eigenvalue weighted by Gasteiger charge is -2.31. The number of amides is 2. The zero-order chi connectivity index (χ0) is 24.6. The Balaban J connectivity index is 1.23. The molecule has 0 saturated carbocycles. The van der Waals surface area contributed by atoms with E-state index in [1.807, 2.05) is 29.2 Å². The van der Waals surface area contributed by atoms with Crippen molar-refractivity contribution in [1.82, 2.24) is 24.6 Å². The number of aromatic nitrogens is 4. The van der Waals surface area contributed by atoms with Crippen molar-refractivity contribution in [2.45, 2.75) is 38.8 Å². The summed E-state index contributed by atoms with van der Waals surface area (Å²) in [4.78, 5) is 32.7. The van der Waals surface area contributed by atoms with E-state index < -0.39 is 0 Å². The van der Waals surface area contributed by atoms with E-state index in [0.29, 0.717) is 55.0 Å². The molecule has 2 aromatic heterocycles. The summed E-state index contributed by atoms with van der Waals surface area (Å²) in [6.45, 7) is 3.12. The summed E-state index contributed by atoms with van der Waals surface area (Å²) in [5.41, 5.74) is 3.12. The lowest BCUT2D eigenvalue weighted by Crippen LogP contribution is -2.40. The lowest BCUT2D eigenvalue weighted by atomic mass is 9.95. The fourth-order valence-electron chi connectivity index (χ4n) is 5.26. The van der Waals surface area contributed by atoms with Gasteiger partial charge in [0.05, 0.1) is 25.2 Å². The zero-order valence-electron chi connectivity index (χ0n) is 20.2. The number of carbonyl (C=O) groups excluding carboxylic acids is 2. The van der Waals surface area contributed by atoms with E-state index in [9.17, 15) is 9.59 Å². The molecule has 1 fully saturated rings. The van der Waals surface area contributed by atoms with Gasteiger partial charge in [0.25, 0.3) is 5.91 Å². The second-order valence-electron chi connectivity index (χ2n) is 9.45. The fraction of sp³-hybridized carbons (Fsp3) is 0.423. The number of aryl methyl sites for hydroxylation is 1. The Kier molecular flexibility index (Phi) is 5.88. The largest absolute Gasteiger partial charge is 0.496 e. The molecule has 36 heavy (non-hydrogen) atoms. The highest BCUT2D eigenvalue weighted by atomic mass is 16.5. The van der Waals surface area contributed by atoms with Crippen LogP contribution in [0.5, 0.6) is 5.75 Å². The molecule has 6 rings (SSSR count). The maximum absolute atomic E-state index is 13.3. The number of ether oxygens (including phenoxy) is 2. The van der Waals surface area contributed by atoms with E-state index in [-0.39, 0.29) is 17.7 Å². The fourth-order valence-corrected chi connectivity index (χ4v) is 5.26. The topological polar surface area (TPSA) is 111 Å². The molecular formula is C26H28N6O4. The van der Waals surface area contributed by atoms with Gasteiger partial charge in [-0.3, -0.25) is 9.59 Å². The molecule has 186 valence electrons. The first-order valence-electron chi connectivity index (χ1n) is 12.4. The molecule has 0 spiro atoms. The number of nitrogens with one attached hydrogen (secondary N) is 1. The zero-order valence-corrected chi connectivity index (χ0v) is 20.2.